The first-order valence-corrected chi connectivity index (χ1v) is 12.6. The molecular weight excluding hydrogens is 470 g/mol. The molecule has 34 heavy (non-hydrogen) atoms. The van der Waals surface area contributed by atoms with E-state index >= 15 is 0 Å². The van der Waals surface area contributed by atoms with E-state index in [9.17, 15) is 9.59 Å². The Bertz CT molecular complexity index is 1370. The van der Waals surface area contributed by atoms with Crippen LogP contribution in [0.2, 0.25) is 4.34 Å². The Morgan fingerprint density at radius 2 is 1.88 bits per heavy atom. The first kappa shape index (κ1) is 22.6. The van der Waals surface area contributed by atoms with Crippen molar-refractivity contribution in [2.45, 2.75) is 32.1 Å². The van der Waals surface area contributed by atoms with E-state index in [0.717, 1.165) is 48.7 Å². The Kier molecular flexibility index (Phi) is 6.60. The molecule has 0 bridgehead atoms. The van der Waals surface area contributed by atoms with Crippen molar-refractivity contribution in [1.82, 2.24) is 19.6 Å². The van der Waals surface area contributed by atoms with Crippen LogP contribution in [-0.4, -0.2) is 38.4 Å². The van der Waals surface area contributed by atoms with Gasteiger partial charge in [0.25, 0.3) is 5.56 Å². The van der Waals surface area contributed by atoms with Crippen molar-refractivity contribution in [3.05, 3.63) is 86.2 Å². The van der Waals surface area contributed by atoms with Crippen LogP contribution in [0.15, 0.2) is 65.7 Å². The van der Waals surface area contributed by atoms with Gasteiger partial charge in [-0.25, -0.2) is 4.68 Å². The molecule has 1 saturated heterocycles. The van der Waals surface area contributed by atoms with Crippen molar-refractivity contribution in [2.75, 3.05) is 18.0 Å². The van der Waals surface area contributed by atoms with E-state index in [1.165, 1.54) is 17.8 Å². The van der Waals surface area contributed by atoms with Gasteiger partial charge < -0.3 is 4.90 Å². The number of anilines is 1. The van der Waals surface area contributed by atoms with E-state index in [4.69, 9.17) is 11.6 Å². The minimum Gasteiger partial charge on any atom is -0.370 e. The molecule has 0 atom stereocenters. The lowest BCUT2D eigenvalue weighted by atomic mass is 10.1. The second kappa shape index (κ2) is 9.95. The van der Waals surface area contributed by atoms with Crippen LogP contribution in [0.1, 0.15) is 41.0 Å². The highest BCUT2D eigenvalue weighted by Crippen LogP contribution is 2.29. The van der Waals surface area contributed by atoms with Gasteiger partial charge in [-0.15, -0.1) is 16.4 Å². The summed E-state index contributed by atoms with van der Waals surface area (Å²) in [5, 5.41) is 8.67. The highest BCUT2D eigenvalue weighted by Gasteiger charge is 2.18. The van der Waals surface area contributed by atoms with E-state index < -0.39 is 0 Å². The van der Waals surface area contributed by atoms with E-state index in [1.807, 2.05) is 30.5 Å². The van der Waals surface area contributed by atoms with Gasteiger partial charge in [-0.05, 0) is 55.7 Å². The van der Waals surface area contributed by atoms with Crippen molar-refractivity contribution in [1.29, 1.82) is 0 Å². The largest absolute Gasteiger partial charge is 0.370 e. The van der Waals surface area contributed by atoms with Crippen LogP contribution >= 0.6 is 22.9 Å². The summed E-state index contributed by atoms with van der Waals surface area (Å²) in [7, 11) is 0. The van der Waals surface area contributed by atoms with Gasteiger partial charge in [0, 0.05) is 38.2 Å². The number of aromatic nitrogens is 4. The Balaban J connectivity index is 1.42. The number of aryl methyl sites for hydroxylation is 1. The number of thiophene rings is 1. The Labute approximate surface area is 206 Å². The third-order valence-electron chi connectivity index (χ3n) is 6.00. The van der Waals surface area contributed by atoms with Gasteiger partial charge in [-0.2, -0.15) is 0 Å². The molecule has 0 aliphatic carbocycles. The van der Waals surface area contributed by atoms with Crippen LogP contribution in [0.4, 0.5) is 5.69 Å². The lowest BCUT2D eigenvalue weighted by Gasteiger charge is -2.30. The van der Waals surface area contributed by atoms with Gasteiger partial charge in [0.15, 0.2) is 5.78 Å². The Morgan fingerprint density at radius 3 is 2.65 bits per heavy atom. The molecule has 0 N–H and O–H groups in total. The first-order chi connectivity index (χ1) is 16.6. The topological polar surface area (TPSA) is 73.0 Å². The maximum absolute atomic E-state index is 12.4. The standard InChI is InChI=1S/C25H24ClN5O2S/c26-24-12-11-23(34-24)22(32)10-7-18-17-31(28-27-18)20-9-8-19(30-15-5-2-6-25(30)33)16-21(20)29-13-3-1-4-14-29/h2,5-6,8-9,11-12,15-17H,1,3-4,7,10,13-14H2. The van der Waals surface area contributed by atoms with E-state index in [2.05, 4.69) is 15.2 Å². The highest BCUT2D eigenvalue weighted by atomic mass is 35.5. The lowest BCUT2D eigenvalue weighted by Crippen LogP contribution is -2.30. The molecule has 1 fully saturated rings. The molecule has 4 aromatic rings. The second-order valence-corrected chi connectivity index (χ2v) is 10.0. The SMILES string of the molecule is O=C(CCc1cn(-c2ccc(-n3ccccc3=O)cc2N2CCCCC2)nn1)c1ccc(Cl)s1. The number of pyridine rings is 1. The van der Waals surface area contributed by atoms with E-state index in [0.29, 0.717) is 22.1 Å². The number of Topliss-reactive ketones (excluding diaryl/α,β-unsaturated/α-hetero) is 1. The maximum atomic E-state index is 12.4. The number of halogens is 1. The average Bonchev–Trinajstić information content (AvgIpc) is 3.52. The van der Waals surface area contributed by atoms with Gasteiger partial charge in [0.1, 0.15) is 0 Å². The van der Waals surface area contributed by atoms with E-state index in [1.54, 1.807) is 39.7 Å². The molecule has 0 saturated carbocycles. The molecule has 7 nitrogen and oxygen atoms in total. The maximum Gasteiger partial charge on any atom is 0.255 e. The summed E-state index contributed by atoms with van der Waals surface area (Å²) < 4.78 is 4.02. The minimum absolute atomic E-state index is 0.0538. The number of rotatable bonds is 7. The molecule has 1 aliphatic rings. The van der Waals surface area contributed by atoms with E-state index in [-0.39, 0.29) is 11.3 Å². The molecule has 3 aromatic heterocycles. The van der Waals surface area contributed by atoms with Gasteiger partial charge in [-0.1, -0.05) is 22.9 Å². The summed E-state index contributed by atoms with van der Waals surface area (Å²) in [6.45, 7) is 1.92. The number of benzene rings is 1. The molecular formula is C25H24ClN5O2S. The van der Waals surface area contributed by atoms with Gasteiger partial charge in [-0.3, -0.25) is 14.2 Å². The normalized spacial score (nSPS) is 13.9. The van der Waals surface area contributed by atoms with Crippen LogP contribution < -0.4 is 10.5 Å². The van der Waals surface area contributed by atoms with Crippen LogP contribution in [0.25, 0.3) is 11.4 Å². The fraction of sp³-hybridized carbons (Fsp3) is 0.280. The number of ketones is 1. The highest BCUT2D eigenvalue weighted by molar-refractivity contribution is 7.18. The predicted molar refractivity (Wildman–Crippen MR) is 135 cm³/mol. The molecule has 174 valence electrons. The summed E-state index contributed by atoms with van der Waals surface area (Å²) in [6, 6.07) is 14.6. The molecule has 1 aliphatic heterocycles. The monoisotopic (exact) mass is 493 g/mol. The minimum atomic E-state index is -0.0698. The number of piperidine rings is 1. The van der Waals surface area contributed by atoms with Gasteiger partial charge in [0.05, 0.1) is 38.2 Å². The average molecular weight is 494 g/mol. The van der Waals surface area contributed by atoms with Gasteiger partial charge in [0.2, 0.25) is 0 Å². The fourth-order valence-corrected chi connectivity index (χ4v) is 5.25. The molecule has 0 spiro atoms. The second-order valence-electron chi connectivity index (χ2n) is 8.31. The molecule has 0 radical (unpaired) electrons. The van der Waals surface area contributed by atoms with Crippen LogP contribution in [-0.2, 0) is 6.42 Å². The van der Waals surface area contributed by atoms with Crippen molar-refractivity contribution in [3.63, 3.8) is 0 Å². The zero-order valence-corrected chi connectivity index (χ0v) is 20.1. The summed E-state index contributed by atoms with van der Waals surface area (Å²) in [6.07, 6.45) is 8.00. The number of hydrogen-bond acceptors (Lipinski definition) is 6. The summed E-state index contributed by atoms with van der Waals surface area (Å²) >= 11 is 7.24. The van der Waals surface area contributed by atoms with Crippen molar-refractivity contribution < 1.29 is 4.79 Å². The van der Waals surface area contributed by atoms with Crippen LogP contribution in [0.5, 0.6) is 0 Å². The van der Waals surface area contributed by atoms with Crippen molar-refractivity contribution in [3.8, 4) is 11.4 Å². The van der Waals surface area contributed by atoms with Crippen molar-refractivity contribution >= 4 is 34.4 Å². The van der Waals surface area contributed by atoms with Gasteiger partial charge >= 0.3 is 0 Å². The molecule has 0 amide bonds. The first-order valence-electron chi connectivity index (χ1n) is 11.4. The molecule has 0 unspecified atom stereocenters. The molecule has 5 rings (SSSR count). The zero-order valence-electron chi connectivity index (χ0n) is 18.6. The Hall–Kier alpha value is -3.23. The summed E-state index contributed by atoms with van der Waals surface area (Å²) in [5.41, 5.74) is 3.43. The van der Waals surface area contributed by atoms with Crippen molar-refractivity contribution in [2.24, 2.45) is 0 Å². The van der Waals surface area contributed by atoms with Crippen LogP contribution in [0.3, 0.4) is 0 Å². The number of carbonyl (C=O) groups excluding carboxylic acids is 1. The summed E-state index contributed by atoms with van der Waals surface area (Å²) in [5.74, 6) is 0.0538. The fourth-order valence-electron chi connectivity index (χ4n) is 4.24. The lowest BCUT2D eigenvalue weighted by molar-refractivity contribution is 0.0986. The third-order valence-corrected chi connectivity index (χ3v) is 7.27. The van der Waals surface area contributed by atoms with Crippen LogP contribution in [0, 0.1) is 0 Å². The zero-order chi connectivity index (χ0) is 23.5. The quantitative estimate of drug-likeness (QED) is 0.341. The number of hydrogen-bond donors (Lipinski definition) is 0. The smallest absolute Gasteiger partial charge is 0.255 e. The predicted octanol–water partition coefficient (Wildman–Crippen LogP) is 4.94. The third kappa shape index (κ3) is 4.83. The molecule has 4 heterocycles. The number of nitrogens with zero attached hydrogens (tertiary/aromatic N) is 5. The Morgan fingerprint density at radius 1 is 1.03 bits per heavy atom. The number of carbonyl (C=O) groups is 1. The molecule has 1 aromatic carbocycles. The summed E-state index contributed by atoms with van der Waals surface area (Å²) in [4.78, 5) is 27.8. The molecule has 9 heteroatoms.